The van der Waals surface area contributed by atoms with E-state index >= 15 is 0 Å². The van der Waals surface area contributed by atoms with Gasteiger partial charge in [-0.25, -0.2) is 0 Å². The van der Waals surface area contributed by atoms with Crippen LogP contribution in [-0.4, -0.2) is 53.2 Å². The molecule has 0 saturated heterocycles. The van der Waals surface area contributed by atoms with Gasteiger partial charge in [0.25, 0.3) is 17.3 Å². The van der Waals surface area contributed by atoms with E-state index in [0.717, 1.165) is 36.9 Å². The van der Waals surface area contributed by atoms with Crippen LogP contribution in [0.3, 0.4) is 0 Å². The van der Waals surface area contributed by atoms with E-state index in [1.807, 2.05) is 26.8 Å². The number of aromatic nitrogens is 1. The van der Waals surface area contributed by atoms with E-state index in [1.54, 1.807) is 4.90 Å². The SMILES string of the molecule is Cc1cc(C)c(CN2CCc3c(Cl)c4c(c(Cl)c3C2=O)OC(C)(C2CCC(N(C)C)CC2)O4)c(=O)[nH]1. The summed E-state index contributed by atoms with van der Waals surface area (Å²) < 4.78 is 12.8. The molecule has 9 heteroatoms. The van der Waals surface area contributed by atoms with Gasteiger partial charge in [-0.05, 0) is 77.2 Å². The molecule has 1 amide bonds. The van der Waals surface area contributed by atoms with Crippen LogP contribution < -0.4 is 15.0 Å². The van der Waals surface area contributed by atoms with Crippen molar-refractivity contribution in [2.45, 2.75) is 71.2 Å². The maximum atomic E-state index is 13.6. The molecular weight excluding hydrogens is 501 g/mol. The molecular formula is C27H33Cl2N3O4. The highest BCUT2D eigenvalue weighted by Gasteiger charge is 2.49. The summed E-state index contributed by atoms with van der Waals surface area (Å²) in [6.07, 6.45) is 4.60. The summed E-state index contributed by atoms with van der Waals surface area (Å²) in [5.41, 5.74) is 3.06. The lowest BCUT2D eigenvalue weighted by molar-refractivity contribution is -0.123. The summed E-state index contributed by atoms with van der Waals surface area (Å²) in [4.78, 5) is 32.9. The third-order valence-corrected chi connectivity index (χ3v) is 8.91. The number of aryl methyl sites for hydroxylation is 2. The first kappa shape index (κ1) is 25.4. The first-order valence-electron chi connectivity index (χ1n) is 12.6. The number of carbonyl (C=O) groups excluding carboxylic acids is 1. The van der Waals surface area contributed by atoms with Crippen molar-refractivity contribution in [2.75, 3.05) is 20.6 Å². The number of rotatable bonds is 4. The lowest BCUT2D eigenvalue weighted by Crippen LogP contribution is -2.46. The summed E-state index contributed by atoms with van der Waals surface area (Å²) >= 11 is 13.7. The van der Waals surface area contributed by atoms with Crippen molar-refractivity contribution in [1.29, 1.82) is 0 Å². The van der Waals surface area contributed by atoms with Gasteiger partial charge in [0.2, 0.25) is 0 Å². The van der Waals surface area contributed by atoms with Crippen LogP contribution in [0, 0.1) is 19.8 Å². The van der Waals surface area contributed by atoms with Crippen LogP contribution in [0.25, 0.3) is 0 Å². The second-order valence-electron chi connectivity index (χ2n) is 10.7. The number of pyridine rings is 1. The molecule has 0 radical (unpaired) electrons. The second kappa shape index (κ2) is 9.26. The van der Waals surface area contributed by atoms with E-state index < -0.39 is 5.79 Å². The fourth-order valence-electron chi connectivity index (χ4n) is 5.97. The predicted octanol–water partition coefficient (Wildman–Crippen LogP) is 5.10. The Bertz CT molecular complexity index is 1280. The molecule has 1 fully saturated rings. The molecule has 1 atom stereocenters. The molecule has 36 heavy (non-hydrogen) atoms. The largest absolute Gasteiger partial charge is 0.447 e. The first-order valence-corrected chi connectivity index (χ1v) is 13.3. The molecule has 0 bridgehead atoms. The number of hydrogen-bond acceptors (Lipinski definition) is 5. The number of fused-ring (bicyclic) bond motifs is 2. The summed E-state index contributed by atoms with van der Waals surface area (Å²) in [5, 5.41) is 0.631. The van der Waals surface area contributed by atoms with Gasteiger partial charge in [-0.1, -0.05) is 23.2 Å². The molecule has 1 aliphatic carbocycles. The Balaban J connectivity index is 1.43. The molecule has 1 N–H and O–H groups in total. The minimum absolute atomic E-state index is 0.180. The fraction of sp³-hybridized carbons (Fsp3) is 0.556. The Hall–Kier alpha value is -2.22. The molecule has 1 aromatic carbocycles. The molecule has 3 aliphatic rings. The number of hydrogen-bond donors (Lipinski definition) is 1. The smallest absolute Gasteiger partial charge is 0.256 e. The van der Waals surface area contributed by atoms with Crippen LogP contribution in [0.15, 0.2) is 10.9 Å². The van der Waals surface area contributed by atoms with Gasteiger partial charge in [-0.3, -0.25) is 9.59 Å². The highest BCUT2D eigenvalue weighted by atomic mass is 35.5. The number of nitrogens with one attached hydrogen (secondary N) is 1. The summed E-state index contributed by atoms with van der Waals surface area (Å²) in [6, 6.07) is 2.47. The van der Waals surface area contributed by atoms with E-state index in [1.165, 1.54) is 0 Å². The van der Waals surface area contributed by atoms with Crippen molar-refractivity contribution in [3.63, 3.8) is 0 Å². The van der Waals surface area contributed by atoms with Crippen molar-refractivity contribution in [3.05, 3.63) is 54.4 Å². The third-order valence-electron chi connectivity index (χ3n) is 8.14. The number of halogens is 2. The predicted molar refractivity (Wildman–Crippen MR) is 141 cm³/mol. The van der Waals surface area contributed by atoms with Crippen molar-refractivity contribution < 1.29 is 14.3 Å². The maximum Gasteiger partial charge on any atom is 0.256 e. The van der Waals surface area contributed by atoms with Gasteiger partial charge in [0, 0.05) is 36.7 Å². The highest BCUT2D eigenvalue weighted by Crippen LogP contribution is 2.55. The molecule has 1 unspecified atom stereocenters. The Morgan fingerprint density at radius 3 is 2.33 bits per heavy atom. The number of benzene rings is 1. The van der Waals surface area contributed by atoms with Crippen LogP contribution in [-0.2, 0) is 13.0 Å². The zero-order valence-corrected chi connectivity index (χ0v) is 23.0. The van der Waals surface area contributed by atoms with Gasteiger partial charge in [0.15, 0.2) is 11.5 Å². The lowest BCUT2D eigenvalue weighted by atomic mass is 9.81. The Morgan fingerprint density at radius 2 is 1.72 bits per heavy atom. The Labute approximate surface area is 221 Å². The van der Waals surface area contributed by atoms with Crippen LogP contribution in [0.4, 0.5) is 0 Å². The lowest BCUT2D eigenvalue weighted by Gasteiger charge is -2.39. The van der Waals surface area contributed by atoms with Gasteiger partial charge in [0.1, 0.15) is 0 Å². The normalized spacial score (nSPS) is 25.4. The molecule has 0 spiro atoms. The van der Waals surface area contributed by atoms with Gasteiger partial charge in [0.05, 0.1) is 22.2 Å². The zero-order chi connectivity index (χ0) is 25.9. The van der Waals surface area contributed by atoms with Gasteiger partial charge in [-0.2, -0.15) is 0 Å². The monoisotopic (exact) mass is 533 g/mol. The van der Waals surface area contributed by atoms with E-state index in [9.17, 15) is 9.59 Å². The first-order chi connectivity index (χ1) is 17.0. The summed E-state index contributed by atoms with van der Waals surface area (Å²) in [6.45, 7) is 6.30. The minimum Gasteiger partial charge on any atom is -0.447 e. The number of amides is 1. The second-order valence-corrected chi connectivity index (χ2v) is 11.5. The molecule has 1 aromatic heterocycles. The van der Waals surface area contributed by atoms with Gasteiger partial charge < -0.3 is 24.3 Å². The topological polar surface area (TPSA) is 74.9 Å². The molecule has 1 saturated carbocycles. The number of ether oxygens (including phenoxy) is 2. The van der Waals surface area contributed by atoms with E-state index in [0.29, 0.717) is 52.2 Å². The fourth-order valence-corrected chi connectivity index (χ4v) is 6.60. The van der Waals surface area contributed by atoms with Crippen LogP contribution in [0.1, 0.15) is 65.3 Å². The number of carbonyl (C=O) groups is 1. The molecule has 5 rings (SSSR count). The van der Waals surface area contributed by atoms with Crippen molar-refractivity contribution in [1.82, 2.24) is 14.8 Å². The third kappa shape index (κ3) is 4.19. The van der Waals surface area contributed by atoms with E-state index in [-0.39, 0.29) is 29.0 Å². The Kier molecular flexibility index (Phi) is 6.54. The average Bonchev–Trinajstić information content (AvgIpc) is 3.20. The number of H-pyrrole nitrogens is 1. The summed E-state index contributed by atoms with van der Waals surface area (Å²) in [7, 11) is 4.23. The van der Waals surface area contributed by atoms with Crippen LogP contribution in [0.2, 0.25) is 10.0 Å². The minimum atomic E-state index is -0.883. The van der Waals surface area contributed by atoms with Gasteiger partial charge in [-0.15, -0.1) is 0 Å². The van der Waals surface area contributed by atoms with E-state index in [4.69, 9.17) is 32.7 Å². The number of nitrogens with zero attached hydrogens (tertiary/aromatic N) is 2. The highest BCUT2D eigenvalue weighted by molar-refractivity contribution is 6.39. The quantitative estimate of drug-likeness (QED) is 0.591. The standard InChI is InChI=1S/C27H33Cl2N3O4/c1-14-12-15(2)30-25(33)19(14)13-32-11-10-18-20(26(32)34)22(29)24-23(21(18)28)35-27(3,36-24)16-6-8-17(9-7-16)31(4)5/h12,16-17H,6-11,13H2,1-5H3,(H,30,33). The summed E-state index contributed by atoms with van der Waals surface area (Å²) in [5.74, 6) is -0.170. The van der Waals surface area contributed by atoms with Crippen LogP contribution >= 0.6 is 23.2 Å². The molecule has 194 valence electrons. The Morgan fingerprint density at radius 1 is 1.08 bits per heavy atom. The number of aromatic amines is 1. The molecule has 2 aromatic rings. The van der Waals surface area contributed by atoms with Crippen molar-refractivity contribution >= 4 is 29.1 Å². The molecule has 3 heterocycles. The maximum absolute atomic E-state index is 13.6. The molecule has 7 nitrogen and oxygen atoms in total. The van der Waals surface area contributed by atoms with Gasteiger partial charge >= 0.3 is 0 Å². The van der Waals surface area contributed by atoms with Crippen LogP contribution in [0.5, 0.6) is 11.5 Å². The molecule has 2 aliphatic heterocycles. The van der Waals surface area contributed by atoms with Crippen molar-refractivity contribution in [3.8, 4) is 11.5 Å². The van der Waals surface area contributed by atoms with Crippen molar-refractivity contribution in [2.24, 2.45) is 5.92 Å². The average molecular weight is 534 g/mol. The zero-order valence-electron chi connectivity index (χ0n) is 21.5. The van der Waals surface area contributed by atoms with E-state index in [2.05, 4.69) is 24.0 Å².